The van der Waals surface area contributed by atoms with E-state index in [4.69, 9.17) is 4.18 Å². The number of carbonyl (C=O) groups excluding carboxylic acids is 3. The van der Waals surface area contributed by atoms with E-state index in [0.717, 1.165) is 35.8 Å². The van der Waals surface area contributed by atoms with Crippen molar-refractivity contribution in [3.8, 4) is 11.8 Å². The van der Waals surface area contributed by atoms with Crippen LogP contribution in [-0.4, -0.2) is 50.0 Å². The van der Waals surface area contributed by atoms with Crippen LogP contribution in [0.25, 0.3) is 5.70 Å². The molecule has 2 heterocycles. The normalized spacial score (nSPS) is 17.3. The minimum atomic E-state index is -3.40. The van der Waals surface area contributed by atoms with Gasteiger partial charge in [0.05, 0.1) is 18.9 Å². The number of nitrogens with one attached hydrogen (secondary N) is 1. The van der Waals surface area contributed by atoms with Crippen molar-refractivity contribution in [3.63, 3.8) is 0 Å². The predicted octanol–water partition coefficient (Wildman–Crippen LogP) is 1.75. The molecule has 0 aromatic heterocycles. The topological polar surface area (TPSA) is 110 Å². The highest BCUT2D eigenvalue weighted by atomic mass is 32.2. The highest BCUT2D eigenvalue weighted by Crippen LogP contribution is 2.38. The lowest BCUT2D eigenvalue weighted by Gasteiger charge is -2.33. The van der Waals surface area contributed by atoms with Crippen molar-refractivity contribution in [1.29, 1.82) is 0 Å². The molecule has 0 bridgehead atoms. The van der Waals surface area contributed by atoms with Crippen molar-refractivity contribution in [2.75, 3.05) is 12.9 Å². The van der Waals surface area contributed by atoms with Crippen molar-refractivity contribution in [1.82, 2.24) is 10.2 Å². The monoisotopic (exact) mass is 468 g/mol. The Kier molecular flexibility index (Phi) is 8.08. The highest BCUT2D eigenvalue weighted by molar-refractivity contribution is 7.85. The molecule has 1 N–H and O–H groups in total. The lowest BCUT2D eigenvalue weighted by atomic mass is 10.0. The Hall–Kier alpha value is -3.36. The van der Waals surface area contributed by atoms with Crippen LogP contribution in [0.1, 0.15) is 55.2 Å². The van der Waals surface area contributed by atoms with Crippen molar-refractivity contribution in [3.05, 3.63) is 46.3 Å². The molecule has 172 valence electrons. The fourth-order valence-corrected chi connectivity index (χ4v) is 4.38. The van der Waals surface area contributed by atoms with Crippen molar-refractivity contribution in [2.24, 2.45) is 0 Å². The van der Waals surface area contributed by atoms with Gasteiger partial charge in [0.15, 0.2) is 5.94 Å². The third-order valence-corrected chi connectivity index (χ3v) is 6.10. The van der Waals surface area contributed by atoms with Gasteiger partial charge in [-0.25, -0.2) is 14.4 Å². The zero-order chi connectivity index (χ0) is 23.8. The summed E-state index contributed by atoms with van der Waals surface area (Å²) >= 11 is 0. The van der Waals surface area contributed by atoms with E-state index in [9.17, 15) is 22.8 Å². The van der Waals surface area contributed by atoms with Crippen LogP contribution in [0.3, 0.4) is 0 Å². The van der Waals surface area contributed by atoms with Gasteiger partial charge < -0.3 is 10.2 Å². The fraction of sp³-hybridized carbons (Fsp3) is 0.417. The number of rotatable bonds is 7. The van der Waals surface area contributed by atoms with E-state index in [1.54, 1.807) is 10.8 Å². The second-order valence-electron chi connectivity index (χ2n) is 7.82. The lowest BCUT2D eigenvalue weighted by Crippen LogP contribution is -2.41. The van der Waals surface area contributed by atoms with Crippen molar-refractivity contribution < 1.29 is 27.0 Å². The van der Waals surface area contributed by atoms with Gasteiger partial charge in [-0.3, -0.25) is 4.18 Å². The molecule has 9 heteroatoms. The molecule has 1 fully saturated rings. The maximum atomic E-state index is 11.8. The molecule has 1 saturated heterocycles. The van der Waals surface area contributed by atoms with Gasteiger partial charge in [-0.2, -0.15) is 8.42 Å². The largest absolute Gasteiger partial charge is 0.348 e. The lowest BCUT2D eigenvalue weighted by molar-refractivity contribution is 0.297. The number of allylic oxidation sites excluding steroid dienone is 1. The summed E-state index contributed by atoms with van der Waals surface area (Å²) in [7, 11) is -3.40. The SMILES string of the molecule is CS(=O)(=O)OCCCCCC#Cc1cccc2c1CN(C1CCC(=C=O)NC1=C=O)C2=C=O. The van der Waals surface area contributed by atoms with Gasteiger partial charge in [-0.05, 0) is 30.9 Å². The number of piperidine rings is 1. The molecule has 0 aliphatic carbocycles. The van der Waals surface area contributed by atoms with Gasteiger partial charge in [0.25, 0.3) is 10.1 Å². The Morgan fingerprint density at radius 3 is 2.64 bits per heavy atom. The van der Waals surface area contributed by atoms with E-state index < -0.39 is 16.2 Å². The molecule has 1 aromatic rings. The number of nitrogens with zero attached hydrogens (tertiary/aromatic N) is 1. The molecule has 1 aromatic carbocycles. The predicted molar refractivity (Wildman–Crippen MR) is 122 cm³/mol. The minimum Gasteiger partial charge on any atom is -0.348 e. The molecular formula is C24H24N2O6S. The van der Waals surface area contributed by atoms with Crippen LogP contribution in [0.4, 0.5) is 0 Å². The first-order chi connectivity index (χ1) is 15.9. The van der Waals surface area contributed by atoms with Crippen molar-refractivity contribution >= 4 is 33.6 Å². The summed E-state index contributed by atoms with van der Waals surface area (Å²) in [5.74, 6) is 11.9. The summed E-state index contributed by atoms with van der Waals surface area (Å²) < 4.78 is 26.6. The van der Waals surface area contributed by atoms with E-state index >= 15 is 0 Å². The van der Waals surface area contributed by atoms with E-state index in [1.807, 2.05) is 30.1 Å². The number of hydrogen-bond donors (Lipinski definition) is 1. The van der Waals surface area contributed by atoms with Gasteiger partial charge in [0, 0.05) is 30.5 Å². The zero-order valence-electron chi connectivity index (χ0n) is 18.3. The summed E-state index contributed by atoms with van der Waals surface area (Å²) in [6.07, 6.45) is 4.83. The first-order valence-electron chi connectivity index (χ1n) is 10.6. The molecule has 0 radical (unpaired) electrons. The molecule has 2 aliphatic rings. The molecule has 0 amide bonds. The maximum absolute atomic E-state index is 11.8. The molecule has 1 atom stereocenters. The molecular weight excluding hydrogens is 444 g/mol. The van der Waals surface area contributed by atoms with Crippen LogP contribution in [0.5, 0.6) is 0 Å². The van der Waals surface area contributed by atoms with Gasteiger partial charge in [0.1, 0.15) is 29.0 Å². The smallest absolute Gasteiger partial charge is 0.264 e. The number of unbranched alkanes of at least 4 members (excludes halogenated alkanes) is 3. The summed E-state index contributed by atoms with van der Waals surface area (Å²) in [6, 6.07) is 5.13. The minimum absolute atomic E-state index is 0.173. The average molecular weight is 469 g/mol. The summed E-state index contributed by atoms with van der Waals surface area (Å²) in [6.45, 7) is 0.567. The van der Waals surface area contributed by atoms with Gasteiger partial charge in [-0.1, -0.05) is 30.4 Å². The molecule has 1 unspecified atom stereocenters. The summed E-state index contributed by atoms with van der Waals surface area (Å²) in [4.78, 5) is 36.0. The molecule has 2 aliphatic heterocycles. The first-order valence-corrected chi connectivity index (χ1v) is 12.4. The number of fused-ring (bicyclic) bond motifs is 1. The average Bonchev–Trinajstić information content (AvgIpc) is 3.18. The zero-order valence-corrected chi connectivity index (χ0v) is 19.1. The Bertz CT molecular complexity index is 1240. The highest BCUT2D eigenvalue weighted by Gasteiger charge is 2.36. The number of hydrogen-bond acceptors (Lipinski definition) is 8. The molecule has 33 heavy (non-hydrogen) atoms. The Morgan fingerprint density at radius 1 is 1.12 bits per heavy atom. The third-order valence-electron chi connectivity index (χ3n) is 5.51. The van der Waals surface area contributed by atoms with Gasteiger partial charge in [0.2, 0.25) is 0 Å². The van der Waals surface area contributed by atoms with Gasteiger partial charge in [-0.15, -0.1) is 0 Å². The Morgan fingerprint density at radius 2 is 1.94 bits per heavy atom. The second kappa shape index (κ2) is 11.0. The summed E-state index contributed by atoms with van der Waals surface area (Å²) in [5.41, 5.74) is 3.29. The second-order valence-corrected chi connectivity index (χ2v) is 9.47. The van der Waals surface area contributed by atoms with E-state index in [2.05, 4.69) is 17.2 Å². The summed E-state index contributed by atoms with van der Waals surface area (Å²) in [5, 5.41) is 2.77. The molecule has 8 nitrogen and oxygen atoms in total. The molecule has 0 saturated carbocycles. The Balaban J connectivity index is 1.68. The van der Waals surface area contributed by atoms with Crippen LogP contribution < -0.4 is 5.32 Å². The van der Waals surface area contributed by atoms with Crippen LogP contribution >= 0.6 is 0 Å². The van der Waals surface area contributed by atoms with Crippen LogP contribution in [-0.2, 0) is 35.2 Å². The van der Waals surface area contributed by atoms with Crippen LogP contribution in [0.2, 0.25) is 0 Å². The van der Waals surface area contributed by atoms with Crippen LogP contribution in [0, 0.1) is 11.8 Å². The van der Waals surface area contributed by atoms with E-state index in [0.29, 0.717) is 43.6 Å². The maximum Gasteiger partial charge on any atom is 0.264 e. The quantitative estimate of drug-likeness (QED) is 0.279. The van der Waals surface area contributed by atoms with E-state index in [1.165, 1.54) is 0 Å². The number of benzene rings is 1. The molecule has 0 spiro atoms. The van der Waals surface area contributed by atoms with Crippen LogP contribution in [0.15, 0.2) is 29.6 Å². The first kappa shape index (κ1) is 24.3. The molecule has 3 rings (SSSR count). The van der Waals surface area contributed by atoms with Gasteiger partial charge >= 0.3 is 0 Å². The Labute approximate surface area is 193 Å². The van der Waals surface area contributed by atoms with Crippen molar-refractivity contribution in [2.45, 2.75) is 51.1 Å². The van der Waals surface area contributed by atoms with E-state index in [-0.39, 0.29) is 12.3 Å². The standard InChI is InChI=1S/C24H24N2O6S/c1-33(30,31)32-13-6-4-2-3-5-8-18-9-7-10-20-21(18)14-26(24(20)17-29)23-12-11-19(15-27)25-22(23)16-28/h7,9-10,23,25H,2-4,6,11-14H2,1H3. The third kappa shape index (κ3) is 6.12. The fourth-order valence-electron chi connectivity index (χ4n) is 3.96.